The van der Waals surface area contributed by atoms with Gasteiger partial charge in [-0.25, -0.2) is 8.78 Å². The molecule has 23 heavy (non-hydrogen) atoms. The molecule has 0 amide bonds. The molecular formula is C18H22Cl2F2O. The van der Waals surface area contributed by atoms with Crippen molar-refractivity contribution in [3.63, 3.8) is 0 Å². The second kappa shape index (κ2) is 6.50. The van der Waals surface area contributed by atoms with Gasteiger partial charge in [-0.3, -0.25) is 0 Å². The van der Waals surface area contributed by atoms with Gasteiger partial charge >= 0.3 is 0 Å². The number of benzene rings is 1. The molecule has 3 rings (SSSR count). The summed E-state index contributed by atoms with van der Waals surface area (Å²) in [6, 6.07) is 5.48. The zero-order valence-corrected chi connectivity index (χ0v) is 14.5. The predicted octanol–water partition coefficient (Wildman–Crippen LogP) is 5.99. The highest BCUT2D eigenvalue weighted by Crippen LogP contribution is 2.50. The van der Waals surface area contributed by atoms with Gasteiger partial charge in [0.15, 0.2) is 0 Å². The summed E-state index contributed by atoms with van der Waals surface area (Å²) in [5.41, 5.74) is 0.634. The van der Waals surface area contributed by atoms with Crippen molar-refractivity contribution in [3.8, 4) is 0 Å². The van der Waals surface area contributed by atoms with Crippen molar-refractivity contribution in [2.75, 3.05) is 0 Å². The molecule has 2 aliphatic rings. The Morgan fingerprint density at radius 3 is 2.43 bits per heavy atom. The van der Waals surface area contributed by atoms with Gasteiger partial charge in [-0.2, -0.15) is 0 Å². The average molecular weight is 363 g/mol. The highest BCUT2D eigenvalue weighted by atomic mass is 35.5. The molecule has 0 radical (unpaired) electrons. The topological polar surface area (TPSA) is 20.2 Å². The fourth-order valence-corrected chi connectivity index (χ4v) is 4.49. The van der Waals surface area contributed by atoms with Gasteiger partial charge in [0.05, 0.1) is 16.1 Å². The van der Waals surface area contributed by atoms with E-state index in [-0.39, 0.29) is 24.2 Å². The van der Waals surface area contributed by atoms with E-state index >= 15 is 0 Å². The minimum absolute atomic E-state index is 0.0163. The normalized spacial score (nSPS) is 27.3. The Morgan fingerprint density at radius 2 is 1.87 bits per heavy atom. The summed E-state index contributed by atoms with van der Waals surface area (Å²) < 4.78 is 27.2. The molecule has 1 aromatic carbocycles. The van der Waals surface area contributed by atoms with Crippen LogP contribution in [-0.2, 0) is 5.41 Å². The third-order valence-corrected chi connectivity index (χ3v) is 6.42. The summed E-state index contributed by atoms with van der Waals surface area (Å²) in [5, 5.41) is 11.8. The summed E-state index contributed by atoms with van der Waals surface area (Å²) >= 11 is 12.1. The molecule has 1 N–H and O–H groups in total. The Bertz CT molecular complexity index is 572. The van der Waals surface area contributed by atoms with Crippen molar-refractivity contribution >= 4 is 23.2 Å². The van der Waals surface area contributed by atoms with Crippen molar-refractivity contribution in [3.05, 3.63) is 33.8 Å². The standard InChI is InChI=1S/C18H22Cl2F2O/c19-14-5-4-13(10-15(14)20)17(6-2-7-17)16(23)9-12-3-1-8-18(21,22)11-12/h4-5,10,12,16,23H,1-3,6-9,11H2. The second-order valence-electron chi connectivity index (χ2n) is 7.21. The molecule has 0 saturated heterocycles. The lowest BCUT2D eigenvalue weighted by molar-refractivity contribution is -0.0677. The number of halogens is 4. The van der Waals surface area contributed by atoms with Crippen LogP contribution in [0.2, 0.25) is 10.0 Å². The maximum atomic E-state index is 13.6. The van der Waals surface area contributed by atoms with Gasteiger partial charge in [-0.05, 0) is 55.7 Å². The van der Waals surface area contributed by atoms with E-state index in [2.05, 4.69) is 0 Å². The monoisotopic (exact) mass is 362 g/mol. The fourth-order valence-electron chi connectivity index (χ4n) is 4.20. The molecule has 5 heteroatoms. The van der Waals surface area contributed by atoms with Gasteiger partial charge in [0.2, 0.25) is 5.92 Å². The van der Waals surface area contributed by atoms with E-state index in [1.165, 1.54) is 0 Å². The molecule has 2 saturated carbocycles. The van der Waals surface area contributed by atoms with Crippen molar-refractivity contribution in [2.24, 2.45) is 5.92 Å². The highest BCUT2D eigenvalue weighted by molar-refractivity contribution is 6.42. The van der Waals surface area contributed by atoms with E-state index < -0.39 is 12.0 Å². The first kappa shape index (κ1) is 17.4. The number of hydrogen-bond acceptors (Lipinski definition) is 1. The molecule has 128 valence electrons. The Labute approximate surface area is 146 Å². The molecule has 0 spiro atoms. The Balaban J connectivity index is 1.75. The van der Waals surface area contributed by atoms with Gasteiger partial charge < -0.3 is 5.11 Å². The van der Waals surface area contributed by atoms with Crippen molar-refractivity contribution in [1.82, 2.24) is 0 Å². The molecule has 0 aliphatic heterocycles. The Hall–Kier alpha value is -0.380. The van der Waals surface area contributed by atoms with Gasteiger partial charge in [0.25, 0.3) is 0 Å². The van der Waals surface area contributed by atoms with Crippen LogP contribution in [0.1, 0.15) is 56.9 Å². The first-order valence-electron chi connectivity index (χ1n) is 8.34. The van der Waals surface area contributed by atoms with E-state index in [1.54, 1.807) is 6.07 Å². The molecule has 2 atom stereocenters. The zero-order chi connectivity index (χ0) is 16.7. The predicted molar refractivity (Wildman–Crippen MR) is 89.5 cm³/mol. The summed E-state index contributed by atoms with van der Waals surface area (Å²) in [4.78, 5) is 0. The van der Waals surface area contributed by atoms with Gasteiger partial charge in [0, 0.05) is 18.3 Å². The average Bonchev–Trinajstić information content (AvgIpc) is 2.40. The second-order valence-corrected chi connectivity index (χ2v) is 8.02. The number of rotatable bonds is 4. The largest absolute Gasteiger partial charge is 0.392 e. The van der Waals surface area contributed by atoms with Crippen molar-refractivity contribution < 1.29 is 13.9 Å². The maximum absolute atomic E-state index is 13.6. The van der Waals surface area contributed by atoms with Crippen LogP contribution in [0.5, 0.6) is 0 Å². The molecule has 2 fully saturated rings. The Kier molecular flexibility index (Phi) is 4.93. The van der Waals surface area contributed by atoms with Crippen LogP contribution in [0.4, 0.5) is 8.78 Å². The number of aliphatic hydroxyl groups is 1. The molecule has 0 heterocycles. The summed E-state index contributed by atoms with van der Waals surface area (Å²) in [5.74, 6) is -2.67. The van der Waals surface area contributed by atoms with Gasteiger partial charge in [-0.15, -0.1) is 0 Å². The number of hydrogen-bond donors (Lipinski definition) is 1. The third kappa shape index (κ3) is 3.52. The van der Waals surface area contributed by atoms with Crippen LogP contribution >= 0.6 is 23.2 Å². The summed E-state index contributed by atoms with van der Waals surface area (Å²) in [7, 11) is 0. The van der Waals surface area contributed by atoms with E-state index in [1.807, 2.05) is 12.1 Å². The van der Waals surface area contributed by atoms with E-state index in [0.717, 1.165) is 31.2 Å². The molecular weight excluding hydrogens is 341 g/mol. The van der Waals surface area contributed by atoms with Gasteiger partial charge in [-0.1, -0.05) is 35.7 Å². The zero-order valence-electron chi connectivity index (χ0n) is 13.0. The van der Waals surface area contributed by atoms with E-state index in [0.29, 0.717) is 22.9 Å². The van der Waals surface area contributed by atoms with Crippen LogP contribution in [0.15, 0.2) is 18.2 Å². The fraction of sp³-hybridized carbons (Fsp3) is 0.667. The van der Waals surface area contributed by atoms with Gasteiger partial charge in [0.1, 0.15) is 0 Å². The molecule has 2 unspecified atom stereocenters. The minimum atomic E-state index is -2.57. The first-order valence-corrected chi connectivity index (χ1v) is 9.09. The quantitative estimate of drug-likeness (QED) is 0.696. The molecule has 0 aromatic heterocycles. The molecule has 1 nitrogen and oxygen atoms in total. The number of aliphatic hydroxyl groups excluding tert-OH is 1. The molecule has 2 aliphatic carbocycles. The van der Waals surface area contributed by atoms with Crippen molar-refractivity contribution in [1.29, 1.82) is 0 Å². The highest BCUT2D eigenvalue weighted by Gasteiger charge is 2.47. The third-order valence-electron chi connectivity index (χ3n) is 5.68. The van der Waals surface area contributed by atoms with Crippen LogP contribution < -0.4 is 0 Å². The SMILES string of the molecule is OC(CC1CCCC(F)(F)C1)C1(c2ccc(Cl)c(Cl)c2)CCC1. The van der Waals surface area contributed by atoms with Crippen LogP contribution in [0, 0.1) is 5.92 Å². The van der Waals surface area contributed by atoms with E-state index in [4.69, 9.17) is 23.2 Å². The lowest BCUT2D eigenvalue weighted by Gasteiger charge is -2.47. The summed E-state index contributed by atoms with van der Waals surface area (Å²) in [6.45, 7) is 0. The minimum Gasteiger partial charge on any atom is -0.392 e. The van der Waals surface area contributed by atoms with Crippen LogP contribution in [0.3, 0.4) is 0 Å². The maximum Gasteiger partial charge on any atom is 0.248 e. The Morgan fingerprint density at radius 1 is 1.13 bits per heavy atom. The van der Waals surface area contributed by atoms with Crippen LogP contribution in [0.25, 0.3) is 0 Å². The number of alkyl halides is 2. The molecule has 0 bridgehead atoms. The lowest BCUT2D eigenvalue weighted by atomic mass is 9.59. The van der Waals surface area contributed by atoms with Crippen molar-refractivity contribution in [2.45, 2.75) is 68.8 Å². The summed E-state index contributed by atoms with van der Waals surface area (Å²) in [6.07, 6.45) is 3.83. The van der Waals surface area contributed by atoms with Crippen LogP contribution in [-0.4, -0.2) is 17.1 Å². The molecule has 1 aromatic rings. The van der Waals surface area contributed by atoms with E-state index in [9.17, 15) is 13.9 Å². The smallest absolute Gasteiger partial charge is 0.248 e. The lowest BCUT2D eigenvalue weighted by Crippen LogP contribution is -2.47. The first-order chi connectivity index (χ1) is 10.8.